The third kappa shape index (κ3) is 12.0. The van der Waals surface area contributed by atoms with Crippen LogP contribution in [0.3, 0.4) is 0 Å². The van der Waals surface area contributed by atoms with Gasteiger partial charge in [-0.15, -0.1) is 0 Å². The van der Waals surface area contributed by atoms with Gasteiger partial charge in [0, 0.05) is 107 Å². The molecule has 4 aliphatic rings. The Morgan fingerprint density at radius 3 is 0.730 bits per heavy atom. The second kappa shape index (κ2) is 30.2. The molecule has 0 saturated carbocycles. The van der Waals surface area contributed by atoms with Crippen molar-refractivity contribution < 1.29 is 0 Å². The molecule has 0 spiro atoms. The predicted molar refractivity (Wildman–Crippen MR) is 516 cm³/mol. The third-order valence-electron chi connectivity index (χ3n) is 24.9. The number of hydrogen-bond acceptors (Lipinski definition) is 6. The Morgan fingerprint density at radius 1 is 0.164 bits per heavy atom. The van der Waals surface area contributed by atoms with Crippen LogP contribution in [0.4, 0.5) is 102 Å². The van der Waals surface area contributed by atoms with Crippen LogP contribution in [0, 0.1) is 0 Å². The van der Waals surface area contributed by atoms with E-state index in [1.807, 2.05) is 0 Å². The summed E-state index contributed by atoms with van der Waals surface area (Å²) in [5.41, 5.74) is 39.6. The summed E-state index contributed by atoms with van der Waals surface area (Å²) in [7, 11) is 0. The van der Waals surface area contributed by atoms with E-state index in [0.717, 1.165) is 169 Å². The molecule has 23 rings (SSSR count). The predicted octanol–water partition coefficient (Wildman–Crippen LogP) is 26.8. The Kier molecular flexibility index (Phi) is 17.7. The molecule has 0 fully saturated rings. The molecule has 0 aromatic heterocycles. The van der Waals surface area contributed by atoms with Gasteiger partial charge in [-0.2, -0.15) is 0 Å². The molecule has 0 atom stereocenters. The summed E-state index contributed by atoms with van der Waals surface area (Å²) in [6.07, 6.45) is 0. The van der Waals surface area contributed by atoms with Gasteiger partial charge >= 0.3 is 0 Å². The highest BCUT2D eigenvalue weighted by atomic mass is 15.2. The fraction of sp³-hybridized carbons (Fsp3) is 0. The number of fused-ring (bicyclic) bond motifs is 8. The summed E-state index contributed by atoms with van der Waals surface area (Å²) < 4.78 is 0. The van der Waals surface area contributed by atoms with E-state index in [1.165, 1.54) is 32.8 Å². The van der Waals surface area contributed by atoms with Gasteiger partial charge in [-0.1, -0.05) is 370 Å². The maximum atomic E-state index is 2.72. The van der Waals surface area contributed by atoms with Gasteiger partial charge in [0.25, 0.3) is 13.4 Å². The molecule has 122 heavy (non-hydrogen) atoms. The number of anilines is 18. The first kappa shape index (κ1) is 71.4. The molecule has 0 bridgehead atoms. The van der Waals surface area contributed by atoms with Crippen molar-refractivity contribution in [1.29, 1.82) is 0 Å². The van der Waals surface area contributed by atoms with E-state index < -0.39 is 0 Å². The summed E-state index contributed by atoms with van der Waals surface area (Å²) in [6, 6.07) is 176. The SMILES string of the molecule is c1ccc(-c2cccc(-c3ccccc3)c2N(c2ccccc2)c2cc3c4c(c2)N(c2ccccc2)c2cc5c(cc2B4c2ccccc2N3c2ccccc2)B2c3ccccc3N(c3ccccc3)c3cc(N(c4ccccc4)c4c(-c6ccccc6)cccc4-c4ccccc4)cc(c32)N5c2c(-c3ccccc3)cccc2-c2ccccc2)cc1. The summed E-state index contributed by atoms with van der Waals surface area (Å²) in [5.74, 6) is 0. The summed E-state index contributed by atoms with van der Waals surface area (Å²) in [6.45, 7) is -0.605. The number of benzene rings is 19. The van der Waals surface area contributed by atoms with Crippen LogP contribution in [0.2, 0.25) is 0 Å². The molecule has 0 aliphatic carbocycles. The lowest BCUT2D eigenvalue weighted by Gasteiger charge is -2.48. The van der Waals surface area contributed by atoms with Crippen molar-refractivity contribution >= 4 is 149 Å². The number of rotatable bonds is 16. The first-order valence-electron chi connectivity index (χ1n) is 42.1. The first-order valence-corrected chi connectivity index (χ1v) is 42.1. The van der Waals surface area contributed by atoms with E-state index in [-0.39, 0.29) is 13.4 Å². The zero-order valence-corrected chi connectivity index (χ0v) is 66.9. The molecule has 8 heteroatoms. The standard InChI is InChI=1S/C114H78B2N6/c1-12-41-79(42-13-1)92-63-38-64-93(80-43-14-2-15-44-80)112(92)117(85-53-24-7-25-54-85)90-73-106-110-108(75-90)121(89-61-32-11-33-62-89)104-78-105-101(77-100(104)115(110)98-69-34-36-71-102(98)119(106)87-57-28-9-29-58-87)116-99-70-35-37-72-103(99)120(88-59-30-10-31-60-88)107-74-91(76-109(111(107)116)122(105)114-96(83-49-20-5-21-50-83)67-40-68-97(114)84-51-22-6-23-52-84)118(86-55-26-8-27-56-86)113-94(81-45-16-3-17-46-81)65-39-66-95(113)82-47-18-4-19-48-82/h1-78H. The van der Waals surface area contributed by atoms with Crippen molar-refractivity contribution in [2.24, 2.45) is 0 Å². The van der Waals surface area contributed by atoms with Crippen LogP contribution in [-0.2, 0) is 0 Å². The normalized spacial score (nSPS) is 12.5. The smallest absolute Gasteiger partial charge is 0.252 e. The fourth-order valence-electron chi connectivity index (χ4n) is 19.8. The average molecular weight is 1550 g/mol. The highest BCUT2D eigenvalue weighted by Crippen LogP contribution is 2.57. The molecule has 0 saturated heterocycles. The van der Waals surface area contributed by atoms with Crippen molar-refractivity contribution in [2.75, 3.05) is 29.4 Å². The molecule has 19 aromatic carbocycles. The molecular weight excluding hydrogens is 1470 g/mol. The van der Waals surface area contributed by atoms with Gasteiger partial charge in [-0.3, -0.25) is 0 Å². The second-order valence-corrected chi connectivity index (χ2v) is 31.7. The van der Waals surface area contributed by atoms with Crippen LogP contribution in [-0.4, -0.2) is 13.4 Å². The van der Waals surface area contributed by atoms with Crippen LogP contribution in [0.5, 0.6) is 0 Å². The monoisotopic (exact) mass is 1550 g/mol. The third-order valence-corrected chi connectivity index (χ3v) is 24.9. The van der Waals surface area contributed by atoms with Crippen molar-refractivity contribution in [1.82, 2.24) is 0 Å². The minimum Gasteiger partial charge on any atom is -0.311 e. The molecule has 4 heterocycles. The van der Waals surface area contributed by atoms with Crippen LogP contribution in [0.15, 0.2) is 473 Å². The van der Waals surface area contributed by atoms with Crippen molar-refractivity contribution in [3.05, 3.63) is 473 Å². The first-order chi connectivity index (χ1) is 60.6. The Bertz CT molecular complexity index is 6970. The van der Waals surface area contributed by atoms with Crippen LogP contribution >= 0.6 is 0 Å². The Balaban J connectivity index is 0.878. The maximum Gasteiger partial charge on any atom is 0.252 e. The molecule has 0 N–H and O–H groups in total. The highest BCUT2D eigenvalue weighted by molar-refractivity contribution is 7.03. The Labute approximate surface area is 713 Å². The van der Waals surface area contributed by atoms with Gasteiger partial charge in [0.05, 0.1) is 28.4 Å². The zero-order chi connectivity index (χ0) is 80.6. The van der Waals surface area contributed by atoms with Crippen LogP contribution < -0.4 is 62.2 Å². The second-order valence-electron chi connectivity index (χ2n) is 31.7. The van der Waals surface area contributed by atoms with Gasteiger partial charge in [-0.25, -0.2) is 0 Å². The van der Waals surface area contributed by atoms with Crippen molar-refractivity contribution in [3.63, 3.8) is 0 Å². The molecule has 6 nitrogen and oxygen atoms in total. The van der Waals surface area contributed by atoms with Crippen LogP contribution in [0.1, 0.15) is 0 Å². The van der Waals surface area contributed by atoms with Gasteiger partial charge in [0.2, 0.25) is 0 Å². The van der Waals surface area contributed by atoms with E-state index in [9.17, 15) is 0 Å². The summed E-state index contributed by atoms with van der Waals surface area (Å²) >= 11 is 0. The zero-order valence-electron chi connectivity index (χ0n) is 66.9. The van der Waals surface area contributed by atoms with Gasteiger partial charge < -0.3 is 29.4 Å². The Morgan fingerprint density at radius 2 is 0.410 bits per heavy atom. The topological polar surface area (TPSA) is 19.4 Å². The molecular formula is C114H78B2N6. The van der Waals surface area contributed by atoms with Gasteiger partial charge in [0.15, 0.2) is 0 Å². The molecule has 0 amide bonds. The van der Waals surface area contributed by atoms with E-state index >= 15 is 0 Å². The van der Waals surface area contributed by atoms with Gasteiger partial charge in [-0.05, 0) is 169 Å². The van der Waals surface area contributed by atoms with Crippen LogP contribution in [0.25, 0.3) is 66.8 Å². The minimum atomic E-state index is -0.316. The number of para-hydroxylation sites is 10. The molecule has 570 valence electrons. The van der Waals surface area contributed by atoms with E-state index in [4.69, 9.17) is 0 Å². The minimum absolute atomic E-state index is 0.289. The summed E-state index contributed by atoms with van der Waals surface area (Å²) in [4.78, 5) is 15.6. The Hall–Kier alpha value is -15.9. The molecule has 19 aromatic rings. The summed E-state index contributed by atoms with van der Waals surface area (Å²) in [5, 5.41) is 0. The molecule has 0 unspecified atom stereocenters. The largest absolute Gasteiger partial charge is 0.311 e. The lowest BCUT2D eigenvalue weighted by Crippen LogP contribution is -2.65. The van der Waals surface area contributed by atoms with Gasteiger partial charge in [0.1, 0.15) is 0 Å². The van der Waals surface area contributed by atoms with E-state index in [1.54, 1.807) is 0 Å². The maximum absolute atomic E-state index is 2.72. The lowest BCUT2D eigenvalue weighted by atomic mass is 9.30. The molecule has 4 aliphatic heterocycles. The van der Waals surface area contributed by atoms with E-state index in [2.05, 4.69) is 503 Å². The highest BCUT2D eigenvalue weighted by Gasteiger charge is 2.50. The average Bonchev–Trinajstić information content (AvgIpc) is 0.677. The number of nitrogens with zero attached hydrogens (tertiary/aromatic N) is 6. The number of hydrogen-bond donors (Lipinski definition) is 0. The lowest BCUT2D eigenvalue weighted by molar-refractivity contribution is 1.21. The molecule has 0 radical (unpaired) electrons. The van der Waals surface area contributed by atoms with Crippen molar-refractivity contribution in [2.45, 2.75) is 0 Å². The van der Waals surface area contributed by atoms with E-state index in [0.29, 0.717) is 0 Å². The van der Waals surface area contributed by atoms with Crippen molar-refractivity contribution in [3.8, 4) is 66.8 Å². The quantitative estimate of drug-likeness (QED) is 0.0892. The fourth-order valence-corrected chi connectivity index (χ4v) is 19.8.